The quantitative estimate of drug-likeness (QED) is 0.732. The van der Waals surface area contributed by atoms with Crippen LogP contribution in [0.2, 0.25) is 0 Å². The van der Waals surface area contributed by atoms with Crippen molar-refractivity contribution in [3.63, 3.8) is 0 Å². The van der Waals surface area contributed by atoms with E-state index in [9.17, 15) is 4.79 Å². The topological polar surface area (TPSA) is 72.3 Å². The first kappa shape index (κ1) is 19.4. The minimum Gasteiger partial charge on any atom is -0.476 e. The molecule has 2 aromatic rings. The fourth-order valence-electron chi connectivity index (χ4n) is 2.93. The van der Waals surface area contributed by atoms with Crippen molar-refractivity contribution in [1.82, 2.24) is 19.7 Å². The van der Waals surface area contributed by atoms with Gasteiger partial charge in [-0.15, -0.1) is 0 Å². The van der Waals surface area contributed by atoms with E-state index in [1.165, 1.54) is 0 Å². The van der Waals surface area contributed by atoms with Gasteiger partial charge >= 0.3 is 0 Å². The van der Waals surface area contributed by atoms with Crippen LogP contribution in [0.5, 0.6) is 5.88 Å². The Morgan fingerprint density at radius 2 is 2.22 bits per heavy atom. The third kappa shape index (κ3) is 4.86. The van der Waals surface area contributed by atoms with Gasteiger partial charge in [-0.05, 0) is 46.3 Å². The highest BCUT2D eigenvalue weighted by Crippen LogP contribution is 2.42. The van der Waals surface area contributed by atoms with E-state index in [0.717, 1.165) is 31.5 Å². The number of amides is 1. The Bertz CT molecular complexity index is 782. The average Bonchev–Trinajstić information content (AvgIpc) is 3.38. The number of nitrogens with zero attached hydrogens (tertiary/aromatic N) is 4. The van der Waals surface area contributed by atoms with Crippen molar-refractivity contribution in [3.8, 4) is 5.88 Å². The first-order valence-electron chi connectivity index (χ1n) is 9.62. The van der Waals surface area contributed by atoms with Gasteiger partial charge < -0.3 is 15.0 Å². The maximum atomic E-state index is 12.9. The smallest absolute Gasteiger partial charge is 0.259 e. The van der Waals surface area contributed by atoms with Crippen LogP contribution >= 0.6 is 0 Å². The second kappa shape index (κ2) is 8.52. The van der Waals surface area contributed by atoms with Crippen molar-refractivity contribution in [2.24, 2.45) is 0 Å². The van der Waals surface area contributed by atoms with E-state index in [0.29, 0.717) is 35.7 Å². The molecular weight excluding hydrogens is 342 g/mol. The van der Waals surface area contributed by atoms with Gasteiger partial charge in [-0.2, -0.15) is 5.10 Å². The van der Waals surface area contributed by atoms with Crippen LogP contribution in [0.1, 0.15) is 61.1 Å². The van der Waals surface area contributed by atoms with E-state index in [1.807, 2.05) is 23.7 Å². The van der Waals surface area contributed by atoms with Crippen molar-refractivity contribution >= 4 is 11.6 Å². The minimum absolute atomic E-state index is 0.128. The van der Waals surface area contributed by atoms with Gasteiger partial charge in [0, 0.05) is 36.5 Å². The number of carbonyl (C=O) groups excluding carboxylic acids is 1. The Balaban J connectivity index is 1.71. The lowest BCUT2D eigenvalue weighted by Crippen LogP contribution is -2.19. The monoisotopic (exact) mass is 371 g/mol. The van der Waals surface area contributed by atoms with Gasteiger partial charge in [0.05, 0.1) is 17.5 Å². The second-order valence-electron chi connectivity index (χ2n) is 7.41. The zero-order valence-electron chi connectivity index (χ0n) is 16.6. The molecule has 0 spiro atoms. The maximum absolute atomic E-state index is 12.9. The molecule has 1 fully saturated rings. The molecule has 3 rings (SSSR count). The van der Waals surface area contributed by atoms with E-state index < -0.39 is 0 Å². The number of likely N-dealkylation sites (N-methyl/N-ethyl adjacent to an activating group) is 1. The van der Waals surface area contributed by atoms with Gasteiger partial charge in [-0.1, -0.05) is 6.92 Å². The molecule has 1 saturated carbocycles. The van der Waals surface area contributed by atoms with Crippen molar-refractivity contribution in [2.45, 2.75) is 45.1 Å². The molecular formula is C20H29N5O2. The third-order valence-corrected chi connectivity index (χ3v) is 4.83. The number of nitrogens with one attached hydrogen (secondary N) is 1. The lowest BCUT2D eigenvalue weighted by molar-refractivity contribution is 0.102. The van der Waals surface area contributed by atoms with Crippen molar-refractivity contribution in [1.29, 1.82) is 0 Å². The van der Waals surface area contributed by atoms with E-state index >= 15 is 0 Å². The largest absolute Gasteiger partial charge is 0.476 e. The summed E-state index contributed by atoms with van der Waals surface area (Å²) in [4.78, 5) is 19.1. The molecule has 0 radical (unpaired) electrons. The number of hydrogen-bond acceptors (Lipinski definition) is 5. The normalized spacial score (nSPS) is 15.0. The van der Waals surface area contributed by atoms with Gasteiger partial charge in [-0.3, -0.25) is 9.48 Å². The second-order valence-corrected chi connectivity index (χ2v) is 7.41. The lowest BCUT2D eigenvalue weighted by Gasteiger charge is -2.15. The molecule has 1 unspecified atom stereocenters. The predicted molar refractivity (Wildman–Crippen MR) is 105 cm³/mol. The number of ether oxygens (including phenoxy) is 1. The molecule has 1 amide bonds. The summed E-state index contributed by atoms with van der Waals surface area (Å²) in [5.74, 6) is 0.828. The molecule has 7 nitrogen and oxygen atoms in total. The number of carbonyl (C=O) groups is 1. The summed E-state index contributed by atoms with van der Waals surface area (Å²) in [6.07, 6.45) is 6.58. The first-order chi connectivity index (χ1) is 13.0. The molecule has 0 aliphatic heterocycles. The van der Waals surface area contributed by atoms with Gasteiger partial charge in [0.15, 0.2) is 0 Å². The molecule has 27 heavy (non-hydrogen) atoms. The molecule has 0 bridgehead atoms. The number of anilines is 1. The van der Waals surface area contributed by atoms with E-state index in [4.69, 9.17) is 4.74 Å². The Kier molecular flexibility index (Phi) is 6.11. The van der Waals surface area contributed by atoms with Crippen LogP contribution in [0, 0.1) is 0 Å². The number of pyridine rings is 1. The van der Waals surface area contributed by atoms with Crippen molar-refractivity contribution in [2.75, 3.05) is 32.6 Å². The van der Waals surface area contributed by atoms with E-state index in [-0.39, 0.29) is 5.91 Å². The van der Waals surface area contributed by atoms with Crippen LogP contribution in [0.4, 0.5) is 5.69 Å². The van der Waals surface area contributed by atoms with Gasteiger partial charge in [0.25, 0.3) is 5.91 Å². The first-order valence-corrected chi connectivity index (χ1v) is 9.62. The van der Waals surface area contributed by atoms with E-state index in [1.54, 1.807) is 24.5 Å². The predicted octanol–water partition coefficient (Wildman–Crippen LogP) is 3.32. The Hall–Kier alpha value is -2.41. The molecule has 1 N–H and O–H groups in total. The average molecular weight is 371 g/mol. The summed E-state index contributed by atoms with van der Waals surface area (Å²) in [7, 11) is 3.98. The molecule has 2 aromatic heterocycles. The summed E-state index contributed by atoms with van der Waals surface area (Å²) in [6, 6.07) is 3.82. The highest BCUT2D eigenvalue weighted by molar-refractivity contribution is 6.05. The molecule has 2 heterocycles. The molecule has 7 heteroatoms. The molecule has 1 aliphatic carbocycles. The summed E-state index contributed by atoms with van der Waals surface area (Å²) in [6.45, 7) is 5.63. The summed E-state index contributed by atoms with van der Waals surface area (Å²) in [5, 5.41) is 7.47. The fourth-order valence-corrected chi connectivity index (χ4v) is 2.93. The Morgan fingerprint density at radius 3 is 2.89 bits per heavy atom. The maximum Gasteiger partial charge on any atom is 0.259 e. The van der Waals surface area contributed by atoms with E-state index in [2.05, 4.69) is 29.2 Å². The minimum atomic E-state index is -0.128. The number of aromatic nitrogens is 3. The third-order valence-electron chi connectivity index (χ3n) is 4.83. The highest BCUT2D eigenvalue weighted by Gasteiger charge is 2.33. The standard InChI is InChI=1S/C20H29N5O2/c1-5-14(2)25-19(15-6-7-15)17(13-22-25)20(26)23-16-8-9-21-18(12-16)27-11-10-24(3)4/h8-9,12-15H,5-7,10-11H2,1-4H3,(H,21,23,26). The van der Waals surface area contributed by atoms with Gasteiger partial charge in [-0.25, -0.2) is 4.98 Å². The Morgan fingerprint density at radius 1 is 1.44 bits per heavy atom. The molecule has 1 aliphatic rings. The molecule has 0 saturated heterocycles. The molecule has 146 valence electrons. The zero-order chi connectivity index (χ0) is 19.4. The van der Waals surface area contributed by atoms with Crippen LogP contribution in [-0.4, -0.2) is 52.8 Å². The number of rotatable bonds is 9. The van der Waals surface area contributed by atoms with Crippen LogP contribution < -0.4 is 10.1 Å². The zero-order valence-corrected chi connectivity index (χ0v) is 16.6. The van der Waals surface area contributed by atoms with Crippen LogP contribution in [0.15, 0.2) is 24.5 Å². The highest BCUT2D eigenvalue weighted by atomic mass is 16.5. The van der Waals surface area contributed by atoms with Gasteiger partial charge in [0.2, 0.25) is 5.88 Å². The van der Waals surface area contributed by atoms with Crippen molar-refractivity contribution in [3.05, 3.63) is 35.8 Å². The lowest BCUT2D eigenvalue weighted by atomic mass is 10.1. The summed E-state index contributed by atoms with van der Waals surface area (Å²) >= 11 is 0. The molecule has 0 aromatic carbocycles. The summed E-state index contributed by atoms with van der Waals surface area (Å²) < 4.78 is 7.67. The van der Waals surface area contributed by atoms with Crippen LogP contribution in [0.25, 0.3) is 0 Å². The Labute approximate surface area is 160 Å². The van der Waals surface area contributed by atoms with Gasteiger partial charge in [0.1, 0.15) is 6.61 Å². The van der Waals surface area contributed by atoms with Crippen molar-refractivity contribution < 1.29 is 9.53 Å². The number of hydrogen-bond donors (Lipinski definition) is 1. The van der Waals surface area contributed by atoms with Crippen LogP contribution in [0.3, 0.4) is 0 Å². The van der Waals surface area contributed by atoms with Crippen LogP contribution in [-0.2, 0) is 0 Å². The SMILES string of the molecule is CCC(C)n1ncc(C(=O)Nc2ccnc(OCCN(C)C)c2)c1C1CC1. The summed E-state index contributed by atoms with van der Waals surface area (Å²) in [5.41, 5.74) is 2.41. The molecule has 1 atom stereocenters. The fraction of sp³-hybridized carbons (Fsp3) is 0.550.